The summed E-state index contributed by atoms with van der Waals surface area (Å²) in [7, 11) is 0. The third-order valence-corrected chi connectivity index (χ3v) is 3.62. The van der Waals surface area contributed by atoms with E-state index >= 15 is 0 Å². The summed E-state index contributed by atoms with van der Waals surface area (Å²) >= 11 is 0. The molecule has 1 fully saturated rings. The van der Waals surface area contributed by atoms with Gasteiger partial charge in [0.2, 0.25) is 11.8 Å². The summed E-state index contributed by atoms with van der Waals surface area (Å²) < 4.78 is 0. The fourth-order valence-electron chi connectivity index (χ4n) is 2.52. The van der Waals surface area contributed by atoms with E-state index in [1.54, 1.807) is 4.90 Å². The van der Waals surface area contributed by atoms with E-state index in [9.17, 15) is 9.59 Å². The predicted molar refractivity (Wildman–Crippen MR) is 66.0 cm³/mol. The fraction of sp³-hybridized carbons (Fsp3) is 0.833. The van der Waals surface area contributed by atoms with Gasteiger partial charge in [-0.05, 0) is 26.7 Å². The molecular weight excluding hydrogens is 218 g/mol. The molecule has 0 atom stereocenters. The summed E-state index contributed by atoms with van der Waals surface area (Å²) in [5.74, 6) is -0.483. The molecule has 0 aromatic rings. The van der Waals surface area contributed by atoms with Crippen molar-refractivity contribution >= 4 is 11.8 Å². The molecule has 0 bridgehead atoms. The summed E-state index contributed by atoms with van der Waals surface area (Å²) in [6.07, 6.45) is 3.71. The topological polar surface area (TPSA) is 89.4 Å². The number of rotatable bonds is 5. The van der Waals surface area contributed by atoms with E-state index in [-0.39, 0.29) is 18.5 Å². The Hall–Kier alpha value is -1.10. The average Bonchev–Trinajstić information content (AvgIpc) is 2.74. The third-order valence-electron chi connectivity index (χ3n) is 3.62. The van der Waals surface area contributed by atoms with Gasteiger partial charge in [0.1, 0.15) is 0 Å². The number of amides is 2. The van der Waals surface area contributed by atoms with Crippen LogP contribution in [0, 0.1) is 5.41 Å². The summed E-state index contributed by atoms with van der Waals surface area (Å²) in [5, 5.41) is 0. The minimum atomic E-state index is -0.475. The van der Waals surface area contributed by atoms with Crippen molar-refractivity contribution in [3.63, 3.8) is 0 Å². The van der Waals surface area contributed by atoms with Crippen LogP contribution in [-0.4, -0.2) is 35.8 Å². The minimum absolute atomic E-state index is 0.00806. The van der Waals surface area contributed by atoms with Crippen molar-refractivity contribution in [2.45, 2.75) is 45.6 Å². The van der Waals surface area contributed by atoms with Gasteiger partial charge in [0.25, 0.3) is 0 Å². The number of hydrogen-bond acceptors (Lipinski definition) is 3. The first-order valence-electron chi connectivity index (χ1n) is 6.22. The molecule has 0 saturated heterocycles. The third kappa shape index (κ3) is 2.97. The molecule has 0 aromatic heterocycles. The predicted octanol–water partition coefficient (Wildman–Crippen LogP) is 0.228. The van der Waals surface area contributed by atoms with E-state index in [1.165, 1.54) is 0 Å². The zero-order valence-electron chi connectivity index (χ0n) is 10.7. The molecule has 0 heterocycles. The monoisotopic (exact) mass is 241 g/mol. The Balaban J connectivity index is 2.86. The molecule has 0 aromatic carbocycles. The van der Waals surface area contributed by atoms with Crippen molar-refractivity contribution in [1.29, 1.82) is 0 Å². The summed E-state index contributed by atoms with van der Waals surface area (Å²) in [5.41, 5.74) is 10.5. The van der Waals surface area contributed by atoms with Crippen molar-refractivity contribution in [2.24, 2.45) is 16.9 Å². The second-order valence-corrected chi connectivity index (χ2v) is 5.18. The Labute approximate surface area is 103 Å². The van der Waals surface area contributed by atoms with Gasteiger partial charge >= 0.3 is 0 Å². The van der Waals surface area contributed by atoms with E-state index < -0.39 is 11.3 Å². The van der Waals surface area contributed by atoms with Crippen LogP contribution >= 0.6 is 0 Å². The molecule has 0 radical (unpaired) electrons. The molecule has 2 amide bonds. The maximum absolute atomic E-state index is 12.5. The van der Waals surface area contributed by atoms with E-state index in [2.05, 4.69) is 0 Å². The lowest BCUT2D eigenvalue weighted by atomic mass is 9.84. The number of primary amides is 1. The van der Waals surface area contributed by atoms with E-state index in [0.717, 1.165) is 25.7 Å². The Kier molecular flexibility index (Phi) is 4.51. The van der Waals surface area contributed by atoms with Crippen LogP contribution in [0.15, 0.2) is 0 Å². The molecule has 4 N–H and O–H groups in total. The van der Waals surface area contributed by atoms with Crippen LogP contribution in [0.5, 0.6) is 0 Å². The standard InChI is InChI=1S/C12H23N3O2/c1-9(2)15(7-10(14)16)11(17)12(8-13)5-3-4-6-12/h9H,3-8,13H2,1-2H3,(H2,14,16). The normalized spacial score (nSPS) is 18.4. The van der Waals surface area contributed by atoms with E-state index in [0.29, 0.717) is 6.54 Å². The summed E-state index contributed by atoms with van der Waals surface area (Å²) in [6.45, 7) is 4.12. The highest BCUT2D eigenvalue weighted by Gasteiger charge is 2.43. The maximum Gasteiger partial charge on any atom is 0.237 e. The van der Waals surface area contributed by atoms with Gasteiger partial charge < -0.3 is 16.4 Å². The van der Waals surface area contributed by atoms with Crippen LogP contribution < -0.4 is 11.5 Å². The first kappa shape index (κ1) is 14.0. The quantitative estimate of drug-likeness (QED) is 0.722. The first-order chi connectivity index (χ1) is 7.93. The smallest absolute Gasteiger partial charge is 0.237 e. The van der Waals surface area contributed by atoms with E-state index in [1.807, 2.05) is 13.8 Å². The molecule has 98 valence electrons. The minimum Gasteiger partial charge on any atom is -0.368 e. The summed E-state index contributed by atoms with van der Waals surface area (Å²) in [4.78, 5) is 25.1. The molecule has 1 saturated carbocycles. The van der Waals surface area contributed by atoms with Crippen molar-refractivity contribution in [3.05, 3.63) is 0 Å². The van der Waals surface area contributed by atoms with Gasteiger partial charge in [0, 0.05) is 12.6 Å². The average molecular weight is 241 g/mol. The van der Waals surface area contributed by atoms with Crippen LogP contribution in [-0.2, 0) is 9.59 Å². The zero-order chi connectivity index (χ0) is 13.1. The SMILES string of the molecule is CC(C)N(CC(N)=O)C(=O)C1(CN)CCCC1. The van der Waals surface area contributed by atoms with Gasteiger partial charge in [0.15, 0.2) is 0 Å². The van der Waals surface area contributed by atoms with Gasteiger partial charge in [-0.1, -0.05) is 12.8 Å². The lowest BCUT2D eigenvalue weighted by Gasteiger charge is -2.35. The number of carbonyl (C=O) groups is 2. The molecule has 0 unspecified atom stereocenters. The van der Waals surface area contributed by atoms with Gasteiger partial charge in [0.05, 0.1) is 12.0 Å². The van der Waals surface area contributed by atoms with Gasteiger partial charge in [-0.25, -0.2) is 0 Å². The molecule has 5 nitrogen and oxygen atoms in total. The van der Waals surface area contributed by atoms with Crippen LogP contribution in [0.3, 0.4) is 0 Å². The molecule has 5 heteroatoms. The van der Waals surface area contributed by atoms with Crippen LogP contribution in [0.1, 0.15) is 39.5 Å². The van der Waals surface area contributed by atoms with Crippen molar-refractivity contribution in [1.82, 2.24) is 4.90 Å². The lowest BCUT2D eigenvalue weighted by Crippen LogP contribution is -2.51. The molecule has 1 rings (SSSR count). The summed E-state index contributed by atoms with van der Waals surface area (Å²) in [6, 6.07) is -0.0287. The van der Waals surface area contributed by atoms with Crippen LogP contribution in [0.25, 0.3) is 0 Å². The first-order valence-corrected chi connectivity index (χ1v) is 6.22. The van der Waals surface area contributed by atoms with Gasteiger partial charge in [-0.3, -0.25) is 9.59 Å². The molecular formula is C12H23N3O2. The number of nitrogens with two attached hydrogens (primary N) is 2. The largest absolute Gasteiger partial charge is 0.368 e. The Morgan fingerprint density at radius 3 is 2.18 bits per heavy atom. The fourth-order valence-corrected chi connectivity index (χ4v) is 2.52. The number of hydrogen-bond donors (Lipinski definition) is 2. The van der Waals surface area contributed by atoms with Crippen molar-refractivity contribution in [2.75, 3.05) is 13.1 Å². The Morgan fingerprint density at radius 1 is 1.29 bits per heavy atom. The molecule has 17 heavy (non-hydrogen) atoms. The number of carbonyl (C=O) groups excluding carboxylic acids is 2. The maximum atomic E-state index is 12.5. The molecule has 1 aliphatic rings. The zero-order valence-corrected chi connectivity index (χ0v) is 10.7. The molecule has 0 spiro atoms. The molecule has 1 aliphatic carbocycles. The Morgan fingerprint density at radius 2 is 1.82 bits per heavy atom. The second-order valence-electron chi connectivity index (χ2n) is 5.18. The Bertz CT molecular complexity index is 296. The van der Waals surface area contributed by atoms with Crippen molar-refractivity contribution in [3.8, 4) is 0 Å². The van der Waals surface area contributed by atoms with Gasteiger partial charge in [-0.15, -0.1) is 0 Å². The van der Waals surface area contributed by atoms with Crippen LogP contribution in [0.2, 0.25) is 0 Å². The highest BCUT2D eigenvalue weighted by atomic mass is 16.2. The van der Waals surface area contributed by atoms with Crippen LogP contribution in [0.4, 0.5) is 0 Å². The highest BCUT2D eigenvalue weighted by molar-refractivity contribution is 5.88. The molecule has 0 aliphatic heterocycles. The highest BCUT2D eigenvalue weighted by Crippen LogP contribution is 2.39. The van der Waals surface area contributed by atoms with E-state index in [4.69, 9.17) is 11.5 Å². The lowest BCUT2D eigenvalue weighted by molar-refractivity contribution is -0.145. The number of nitrogens with zero attached hydrogens (tertiary/aromatic N) is 1. The van der Waals surface area contributed by atoms with Gasteiger partial charge in [-0.2, -0.15) is 0 Å². The second kappa shape index (κ2) is 5.49. The van der Waals surface area contributed by atoms with Crippen molar-refractivity contribution < 1.29 is 9.59 Å².